The zero-order chi connectivity index (χ0) is 32.5. The van der Waals surface area contributed by atoms with Gasteiger partial charge in [0.25, 0.3) is 0 Å². The Balaban J connectivity index is 0.000000181. The van der Waals surface area contributed by atoms with Gasteiger partial charge in [-0.05, 0) is 116 Å². The number of halogens is 3. The predicted molar refractivity (Wildman–Crippen MR) is 200 cm³/mol. The molecule has 0 aliphatic carbocycles. The van der Waals surface area contributed by atoms with E-state index in [0.29, 0.717) is 16.8 Å². The maximum atomic E-state index is 14.5. The van der Waals surface area contributed by atoms with Crippen LogP contribution < -0.4 is 5.73 Å². The molecular formula is C42H38F2IN. The minimum absolute atomic E-state index is 0.179. The Morgan fingerprint density at radius 1 is 0.457 bits per heavy atom. The van der Waals surface area contributed by atoms with Crippen molar-refractivity contribution in [2.75, 3.05) is 5.73 Å². The van der Waals surface area contributed by atoms with Gasteiger partial charge in [0.05, 0.1) is 0 Å². The molecule has 2 N–H and O–H groups in total. The van der Waals surface area contributed by atoms with Crippen molar-refractivity contribution in [3.8, 4) is 44.5 Å². The summed E-state index contributed by atoms with van der Waals surface area (Å²) >= 11 is 2.25. The number of anilines is 1. The third-order valence-electron chi connectivity index (χ3n) is 7.97. The van der Waals surface area contributed by atoms with E-state index in [1.54, 1.807) is 24.3 Å². The molecular weight excluding hydrogens is 683 g/mol. The van der Waals surface area contributed by atoms with Gasteiger partial charge in [-0.15, -0.1) is 0 Å². The van der Waals surface area contributed by atoms with Crippen molar-refractivity contribution < 1.29 is 8.78 Å². The highest BCUT2D eigenvalue weighted by atomic mass is 127. The second kappa shape index (κ2) is 15.8. The summed E-state index contributed by atoms with van der Waals surface area (Å²) in [6, 6.07) is 42.8. The van der Waals surface area contributed by atoms with Crippen LogP contribution in [0.1, 0.15) is 37.8 Å². The largest absolute Gasteiger partial charge is 0.399 e. The van der Waals surface area contributed by atoms with Gasteiger partial charge in [-0.1, -0.05) is 124 Å². The quantitative estimate of drug-likeness (QED) is 0.123. The van der Waals surface area contributed by atoms with E-state index < -0.39 is 0 Å². The Labute approximate surface area is 285 Å². The number of hydrogen-bond donors (Lipinski definition) is 1. The van der Waals surface area contributed by atoms with Crippen molar-refractivity contribution in [2.24, 2.45) is 0 Å². The highest BCUT2D eigenvalue weighted by Gasteiger charge is 2.09. The molecule has 0 spiro atoms. The summed E-state index contributed by atoms with van der Waals surface area (Å²) in [5.74, 6) is -0.397. The Bertz CT molecular complexity index is 1720. The van der Waals surface area contributed by atoms with E-state index in [1.807, 2.05) is 60.7 Å². The van der Waals surface area contributed by atoms with Gasteiger partial charge < -0.3 is 5.73 Å². The minimum atomic E-state index is -0.218. The highest BCUT2D eigenvalue weighted by molar-refractivity contribution is 14.1. The summed E-state index contributed by atoms with van der Waals surface area (Å²) in [6.45, 7) is 4.34. The van der Waals surface area contributed by atoms with Crippen LogP contribution in [-0.4, -0.2) is 0 Å². The zero-order valence-corrected chi connectivity index (χ0v) is 28.4. The van der Waals surface area contributed by atoms with Crippen LogP contribution in [0.15, 0.2) is 133 Å². The van der Waals surface area contributed by atoms with E-state index in [-0.39, 0.29) is 11.6 Å². The topological polar surface area (TPSA) is 26.0 Å². The zero-order valence-electron chi connectivity index (χ0n) is 26.2. The molecule has 0 amide bonds. The van der Waals surface area contributed by atoms with Crippen LogP contribution in [0.25, 0.3) is 44.5 Å². The molecule has 1 nitrogen and oxygen atoms in total. The molecule has 0 aliphatic heterocycles. The lowest BCUT2D eigenvalue weighted by Gasteiger charge is -2.08. The molecule has 6 rings (SSSR count). The normalized spacial score (nSPS) is 10.7. The van der Waals surface area contributed by atoms with Gasteiger partial charge in [0.2, 0.25) is 0 Å². The molecule has 0 radical (unpaired) electrons. The molecule has 0 fully saturated rings. The first-order valence-electron chi connectivity index (χ1n) is 15.7. The second-order valence-corrected chi connectivity index (χ2v) is 12.7. The minimum Gasteiger partial charge on any atom is -0.399 e. The lowest BCUT2D eigenvalue weighted by Crippen LogP contribution is -1.89. The number of nitrogen functional groups attached to an aromatic ring is 1. The third-order valence-corrected chi connectivity index (χ3v) is 8.69. The number of hydrogen-bond acceptors (Lipinski definition) is 1. The first-order chi connectivity index (χ1) is 22.3. The molecule has 0 atom stereocenters. The number of aryl methyl sites for hydroxylation is 2. The van der Waals surface area contributed by atoms with E-state index in [1.165, 1.54) is 11.1 Å². The summed E-state index contributed by atoms with van der Waals surface area (Å²) < 4.78 is 30.2. The molecule has 0 saturated heterocycles. The number of nitrogens with two attached hydrogens (primary N) is 1. The summed E-state index contributed by atoms with van der Waals surface area (Å²) in [6.07, 6.45) is 4.42. The van der Waals surface area contributed by atoms with Gasteiger partial charge in [0.15, 0.2) is 0 Å². The number of benzene rings is 6. The van der Waals surface area contributed by atoms with Gasteiger partial charge >= 0.3 is 0 Å². The van der Waals surface area contributed by atoms with Crippen LogP contribution in [0.3, 0.4) is 0 Å². The predicted octanol–water partition coefficient (Wildman–Crippen LogP) is 12.4. The molecule has 0 heterocycles. The molecule has 0 aromatic heterocycles. The first-order valence-corrected chi connectivity index (χ1v) is 16.8. The summed E-state index contributed by atoms with van der Waals surface area (Å²) in [4.78, 5) is 0. The lowest BCUT2D eigenvalue weighted by atomic mass is 9.98. The molecule has 0 bridgehead atoms. The van der Waals surface area contributed by atoms with Crippen molar-refractivity contribution >= 4 is 28.3 Å². The van der Waals surface area contributed by atoms with E-state index >= 15 is 0 Å². The van der Waals surface area contributed by atoms with Crippen LogP contribution in [0.4, 0.5) is 14.5 Å². The smallest absolute Gasteiger partial charge is 0.131 e. The average molecular weight is 722 g/mol. The van der Waals surface area contributed by atoms with E-state index in [0.717, 1.165) is 62.6 Å². The molecule has 4 heteroatoms. The van der Waals surface area contributed by atoms with E-state index in [2.05, 4.69) is 85.0 Å². The van der Waals surface area contributed by atoms with Crippen LogP contribution in [-0.2, 0) is 12.8 Å². The molecule has 0 unspecified atom stereocenters. The van der Waals surface area contributed by atoms with E-state index in [4.69, 9.17) is 5.73 Å². The monoisotopic (exact) mass is 721 g/mol. The fourth-order valence-electron chi connectivity index (χ4n) is 5.45. The van der Waals surface area contributed by atoms with Crippen molar-refractivity contribution in [3.05, 3.63) is 160 Å². The Hall–Kier alpha value is -4.29. The van der Waals surface area contributed by atoms with Gasteiger partial charge in [-0.2, -0.15) is 0 Å². The Kier molecular flexibility index (Phi) is 11.4. The lowest BCUT2D eigenvalue weighted by molar-refractivity contribution is 0.631. The van der Waals surface area contributed by atoms with Crippen LogP contribution in [0, 0.1) is 15.2 Å². The van der Waals surface area contributed by atoms with Crippen LogP contribution >= 0.6 is 22.6 Å². The van der Waals surface area contributed by atoms with Gasteiger partial charge in [0, 0.05) is 20.4 Å². The fraction of sp³-hybridized carbons (Fsp3) is 0.143. The standard InChI is InChI=1S/C21H18FI.C21H20FN/c2*1-2-3-15-4-6-16(7-5-15)18-10-13-20(21(22)14-18)17-8-11-19(23)12-9-17/h4-14H,2-3H2,1H3;4-14H,2-3,23H2,1H3. The molecule has 6 aromatic rings. The summed E-state index contributed by atoms with van der Waals surface area (Å²) in [5, 5.41) is 0. The molecule has 0 aliphatic rings. The van der Waals surface area contributed by atoms with Gasteiger partial charge in [0.1, 0.15) is 11.6 Å². The SMILES string of the molecule is CCCc1ccc(-c2ccc(-c3ccc(I)cc3)c(F)c2)cc1.CCCc1ccc(-c2ccc(-c3ccc(N)cc3)c(F)c2)cc1. The Morgan fingerprint density at radius 2 is 0.804 bits per heavy atom. The first kappa shape index (κ1) is 33.1. The van der Waals surface area contributed by atoms with Gasteiger partial charge in [-0.25, -0.2) is 8.78 Å². The van der Waals surface area contributed by atoms with Crippen LogP contribution in [0.2, 0.25) is 0 Å². The molecule has 232 valence electrons. The summed E-state index contributed by atoms with van der Waals surface area (Å²) in [7, 11) is 0. The molecule has 0 saturated carbocycles. The third kappa shape index (κ3) is 8.49. The second-order valence-electron chi connectivity index (χ2n) is 11.4. The van der Waals surface area contributed by atoms with Gasteiger partial charge in [-0.3, -0.25) is 0 Å². The van der Waals surface area contributed by atoms with Crippen molar-refractivity contribution in [1.82, 2.24) is 0 Å². The Morgan fingerprint density at radius 3 is 1.17 bits per heavy atom. The van der Waals surface area contributed by atoms with Crippen molar-refractivity contribution in [1.29, 1.82) is 0 Å². The molecule has 6 aromatic carbocycles. The highest BCUT2D eigenvalue weighted by Crippen LogP contribution is 2.30. The maximum absolute atomic E-state index is 14.5. The maximum Gasteiger partial charge on any atom is 0.131 e. The van der Waals surface area contributed by atoms with Crippen LogP contribution in [0.5, 0.6) is 0 Å². The van der Waals surface area contributed by atoms with E-state index in [9.17, 15) is 8.78 Å². The molecule has 46 heavy (non-hydrogen) atoms. The van der Waals surface area contributed by atoms with Crippen molar-refractivity contribution in [3.63, 3.8) is 0 Å². The number of rotatable bonds is 8. The fourth-order valence-corrected chi connectivity index (χ4v) is 5.81. The van der Waals surface area contributed by atoms with Crippen molar-refractivity contribution in [2.45, 2.75) is 39.5 Å². The average Bonchev–Trinajstić information content (AvgIpc) is 3.07. The summed E-state index contributed by atoms with van der Waals surface area (Å²) in [5.41, 5.74) is 15.9.